The van der Waals surface area contributed by atoms with E-state index in [1.807, 2.05) is 12.3 Å². The van der Waals surface area contributed by atoms with Gasteiger partial charge in [-0.15, -0.1) is 11.3 Å². The molecule has 1 N–H and O–H groups in total. The first kappa shape index (κ1) is 15.2. The molecule has 118 valence electrons. The van der Waals surface area contributed by atoms with Gasteiger partial charge in [-0.25, -0.2) is 4.98 Å². The highest BCUT2D eigenvalue weighted by molar-refractivity contribution is 7.13. The second-order valence-corrected chi connectivity index (χ2v) is 6.85. The molecule has 1 fully saturated rings. The van der Waals surface area contributed by atoms with Gasteiger partial charge in [-0.3, -0.25) is 15.0 Å². The predicted octanol–water partition coefficient (Wildman–Crippen LogP) is 3.53. The van der Waals surface area contributed by atoms with E-state index in [0.717, 1.165) is 37.0 Å². The van der Waals surface area contributed by atoms with Crippen LogP contribution in [0.5, 0.6) is 0 Å². The van der Waals surface area contributed by atoms with Gasteiger partial charge >= 0.3 is 0 Å². The predicted molar refractivity (Wildman–Crippen MR) is 87.2 cm³/mol. The summed E-state index contributed by atoms with van der Waals surface area (Å²) in [5.41, 5.74) is 1.02. The number of hydrogen-bond acceptors (Lipinski definition) is 5. The number of nitrogens with zero attached hydrogens (tertiary/aromatic N) is 2. The maximum absolute atomic E-state index is 12.0. The summed E-state index contributed by atoms with van der Waals surface area (Å²) >= 11 is 1.46. The van der Waals surface area contributed by atoms with Crippen LogP contribution in [0.1, 0.15) is 41.8 Å². The van der Waals surface area contributed by atoms with Crippen LogP contribution in [0, 0.1) is 12.8 Å². The molecule has 0 aromatic carbocycles. The Morgan fingerprint density at radius 2 is 2.41 bits per heavy atom. The summed E-state index contributed by atoms with van der Waals surface area (Å²) in [6, 6.07) is 3.45. The molecule has 5 nitrogen and oxygen atoms in total. The number of furan rings is 1. The molecule has 0 bridgehead atoms. The molecule has 0 aliphatic carbocycles. The number of rotatable bonds is 4. The summed E-state index contributed by atoms with van der Waals surface area (Å²) in [6.07, 6.45) is 2.57. The fraction of sp³-hybridized carbons (Fsp3) is 0.500. The average Bonchev–Trinajstić information content (AvgIpc) is 3.08. The van der Waals surface area contributed by atoms with Gasteiger partial charge in [0, 0.05) is 18.5 Å². The highest BCUT2D eigenvalue weighted by atomic mass is 32.1. The lowest BCUT2D eigenvalue weighted by atomic mass is 10.0. The van der Waals surface area contributed by atoms with Crippen LogP contribution >= 0.6 is 11.3 Å². The van der Waals surface area contributed by atoms with Crippen LogP contribution < -0.4 is 5.32 Å². The van der Waals surface area contributed by atoms with E-state index < -0.39 is 0 Å². The first-order valence-electron chi connectivity index (χ1n) is 7.64. The third-order valence-corrected chi connectivity index (χ3v) is 4.67. The van der Waals surface area contributed by atoms with Crippen molar-refractivity contribution in [1.82, 2.24) is 9.88 Å². The summed E-state index contributed by atoms with van der Waals surface area (Å²) in [5, 5.41) is 5.43. The zero-order valence-corrected chi connectivity index (χ0v) is 13.8. The molecule has 1 saturated heterocycles. The average molecular weight is 319 g/mol. The smallest absolute Gasteiger partial charge is 0.293 e. The van der Waals surface area contributed by atoms with Crippen LogP contribution in [0.3, 0.4) is 0 Å². The van der Waals surface area contributed by atoms with E-state index in [0.29, 0.717) is 10.9 Å². The highest BCUT2D eigenvalue weighted by Gasteiger charge is 2.18. The normalized spacial score (nSPS) is 19.3. The van der Waals surface area contributed by atoms with E-state index in [9.17, 15) is 4.79 Å². The lowest BCUT2D eigenvalue weighted by molar-refractivity contribution is 0.0995. The van der Waals surface area contributed by atoms with E-state index in [-0.39, 0.29) is 5.91 Å². The minimum Gasteiger partial charge on any atom is -0.456 e. The van der Waals surface area contributed by atoms with Gasteiger partial charge in [-0.05, 0) is 44.4 Å². The number of anilines is 1. The van der Waals surface area contributed by atoms with Crippen molar-refractivity contribution in [3.05, 3.63) is 34.7 Å². The molecule has 1 aliphatic heterocycles. The topological polar surface area (TPSA) is 58.4 Å². The summed E-state index contributed by atoms with van der Waals surface area (Å²) < 4.78 is 5.31. The summed E-state index contributed by atoms with van der Waals surface area (Å²) in [4.78, 5) is 19.0. The standard InChI is InChI=1S/C16H21N3O2S/c1-11-4-3-7-19(8-11)9-13-10-22-16(17-13)18-15(20)14-6-5-12(2)21-14/h5-6,10-11H,3-4,7-9H2,1-2H3,(H,17,18,20). The van der Waals surface area contributed by atoms with Crippen LogP contribution in [0.2, 0.25) is 0 Å². The molecule has 2 aromatic rings. The monoisotopic (exact) mass is 319 g/mol. The summed E-state index contributed by atoms with van der Waals surface area (Å²) in [6.45, 7) is 7.23. The van der Waals surface area contributed by atoms with Gasteiger partial charge in [0.25, 0.3) is 5.91 Å². The first-order chi connectivity index (χ1) is 10.6. The number of carbonyl (C=O) groups excluding carboxylic acids is 1. The van der Waals surface area contributed by atoms with Crippen molar-refractivity contribution in [2.45, 2.75) is 33.2 Å². The van der Waals surface area contributed by atoms with Gasteiger partial charge < -0.3 is 4.42 Å². The zero-order chi connectivity index (χ0) is 15.5. The molecule has 3 rings (SSSR count). The van der Waals surface area contributed by atoms with Gasteiger partial charge in [0.1, 0.15) is 5.76 Å². The number of nitrogens with one attached hydrogen (secondary N) is 1. The molecule has 0 spiro atoms. The molecule has 1 amide bonds. The van der Waals surface area contributed by atoms with Crippen molar-refractivity contribution >= 4 is 22.4 Å². The molecular weight excluding hydrogens is 298 g/mol. The lowest BCUT2D eigenvalue weighted by Gasteiger charge is -2.30. The quantitative estimate of drug-likeness (QED) is 0.936. The Kier molecular flexibility index (Phi) is 4.59. The number of aryl methyl sites for hydroxylation is 1. The van der Waals surface area contributed by atoms with Gasteiger partial charge in [0.05, 0.1) is 5.69 Å². The van der Waals surface area contributed by atoms with E-state index in [4.69, 9.17) is 4.42 Å². The largest absolute Gasteiger partial charge is 0.456 e. The minimum absolute atomic E-state index is 0.249. The Balaban J connectivity index is 1.58. The Morgan fingerprint density at radius 1 is 1.55 bits per heavy atom. The highest BCUT2D eigenvalue weighted by Crippen LogP contribution is 2.21. The minimum atomic E-state index is -0.249. The van der Waals surface area contributed by atoms with E-state index in [2.05, 4.69) is 22.1 Å². The third-order valence-electron chi connectivity index (χ3n) is 3.86. The van der Waals surface area contributed by atoms with E-state index in [1.54, 1.807) is 12.1 Å². The molecule has 1 aliphatic rings. The Bertz CT molecular complexity index is 649. The van der Waals surface area contributed by atoms with Crippen LogP contribution in [-0.2, 0) is 6.54 Å². The molecule has 1 unspecified atom stereocenters. The first-order valence-corrected chi connectivity index (χ1v) is 8.52. The number of hydrogen-bond donors (Lipinski definition) is 1. The molecule has 3 heterocycles. The molecule has 6 heteroatoms. The summed E-state index contributed by atoms with van der Waals surface area (Å²) in [5.74, 6) is 1.55. The summed E-state index contributed by atoms with van der Waals surface area (Å²) in [7, 11) is 0. The number of aromatic nitrogens is 1. The van der Waals surface area contributed by atoms with Gasteiger partial charge in [-0.2, -0.15) is 0 Å². The van der Waals surface area contributed by atoms with E-state index in [1.165, 1.54) is 24.2 Å². The molecule has 0 radical (unpaired) electrons. The molecule has 1 atom stereocenters. The number of carbonyl (C=O) groups is 1. The number of piperidine rings is 1. The van der Waals surface area contributed by atoms with Crippen molar-refractivity contribution in [3.8, 4) is 0 Å². The van der Waals surface area contributed by atoms with Crippen molar-refractivity contribution in [1.29, 1.82) is 0 Å². The van der Waals surface area contributed by atoms with Crippen LogP contribution in [0.25, 0.3) is 0 Å². The van der Waals surface area contributed by atoms with Crippen molar-refractivity contribution < 1.29 is 9.21 Å². The van der Waals surface area contributed by atoms with Gasteiger partial charge in [0.15, 0.2) is 10.9 Å². The Morgan fingerprint density at radius 3 is 3.14 bits per heavy atom. The maximum Gasteiger partial charge on any atom is 0.293 e. The second kappa shape index (κ2) is 6.62. The van der Waals surface area contributed by atoms with Crippen molar-refractivity contribution in [3.63, 3.8) is 0 Å². The van der Waals surface area contributed by atoms with E-state index >= 15 is 0 Å². The maximum atomic E-state index is 12.0. The van der Waals surface area contributed by atoms with Crippen molar-refractivity contribution in [2.75, 3.05) is 18.4 Å². The Hall–Kier alpha value is -1.66. The Labute approximate surface area is 134 Å². The van der Waals surface area contributed by atoms with Crippen molar-refractivity contribution in [2.24, 2.45) is 5.92 Å². The van der Waals surface area contributed by atoms with Gasteiger partial charge in [0.2, 0.25) is 0 Å². The molecular formula is C16H21N3O2S. The molecule has 0 saturated carbocycles. The molecule has 22 heavy (non-hydrogen) atoms. The van der Waals surface area contributed by atoms with Crippen LogP contribution in [0.4, 0.5) is 5.13 Å². The van der Waals surface area contributed by atoms with Crippen LogP contribution in [0.15, 0.2) is 21.9 Å². The van der Waals surface area contributed by atoms with Gasteiger partial charge in [-0.1, -0.05) is 6.92 Å². The van der Waals surface area contributed by atoms with Crippen LogP contribution in [-0.4, -0.2) is 28.9 Å². The molecule has 2 aromatic heterocycles. The number of amides is 1. The number of thiazole rings is 1. The zero-order valence-electron chi connectivity index (χ0n) is 13.0. The SMILES string of the molecule is Cc1ccc(C(=O)Nc2nc(CN3CCCC(C)C3)cs2)o1. The third kappa shape index (κ3) is 3.75. The fourth-order valence-electron chi connectivity index (χ4n) is 2.81. The lowest BCUT2D eigenvalue weighted by Crippen LogP contribution is -2.33. The second-order valence-electron chi connectivity index (χ2n) is 5.99. The fourth-order valence-corrected chi connectivity index (χ4v) is 3.51. The number of likely N-dealkylation sites (tertiary alicyclic amines) is 1.